The summed E-state index contributed by atoms with van der Waals surface area (Å²) >= 11 is 0. The van der Waals surface area contributed by atoms with Gasteiger partial charge in [0.2, 0.25) is 21.8 Å². The van der Waals surface area contributed by atoms with E-state index in [9.17, 15) is 18.0 Å². The number of nitrogens with zero attached hydrogens (tertiary/aromatic N) is 2. The van der Waals surface area contributed by atoms with Gasteiger partial charge in [0.25, 0.3) is 0 Å². The van der Waals surface area contributed by atoms with Crippen LogP contribution >= 0.6 is 0 Å². The first-order valence-electron chi connectivity index (χ1n) is 13.3. The summed E-state index contributed by atoms with van der Waals surface area (Å²) in [7, 11) is -3.89. The Balaban J connectivity index is 1.29. The van der Waals surface area contributed by atoms with Crippen molar-refractivity contribution < 1.29 is 18.0 Å². The van der Waals surface area contributed by atoms with E-state index < -0.39 is 21.3 Å². The first-order valence-corrected chi connectivity index (χ1v) is 14.8. The fourth-order valence-corrected chi connectivity index (χ4v) is 8.09. The molecule has 2 atom stereocenters. The maximum atomic E-state index is 14.0. The molecule has 2 aromatic carbocycles. The van der Waals surface area contributed by atoms with Crippen LogP contribution in [0.5, 0.6) is 0 Å². The zero-order valence-corrected chi connectivity index (χ0v) is 21.9. The highest BCUT2D eigenvalue weighted by Crippen LogP contribution is 2.36. The van der Waals surface area contributed by atoms with Crippen LogP contribution in [0.1, 0.15) is 54.9 Å². The van der Waals surface area contributed by atoms with Crippen molar-refractivity contribution in [3.8, 4) is 0 Å². The Morgan fingerprint density at radius 1 is 0.919 bits per heavy atom. The monoisotopic (exact) mass is 524 g/mol. The number of carbonyl (C=O) groups is 2. The van der Waals surface area contributed by atoms with Crippen LogP contribution in [0.15, 0.2) is 60.7 Å². The summed E-state index contributed by atoms with van der Waals surface area (Å²) < 4.78 is 29.3. The molecule has 0 unspecified atom stereocenters. The second kappa shape index (κ2) is 10.9. The Kier molecular flexibility index (Phi) is 7.65. The average molecular weight is 525 g/mol. The third-order valence-corrected chi connectivity index (χ3v) is 10.3. The lowest BCUT2D eigenvalue weighted by molar-refractivity contribution is -0.143. The Morgan fingerprint density at radius 2 is 1.51 bits per heavy atom. The maximum Gasteiger partial charge on any atom is 0.242 e. The maximum absolute atomic E-state index is 14.0. The molecular weight excluding hydrogens is 488 g/mol. The zero-order valence-electron chi connectivity index (χ0n) is 21.0. The van der Waals surface area contributed by atoms with E-state index in [-0.39, 0.29) is 37.0 Å². The summed E-state index contributed by atoms with van der Waals surface area (Å²) in [6.07, 6.45) is 5.13. The molecule has 0 radical (unpaired) electrons. The first-order chi connectivity index (χ1) is 17.8. The summed E-state index contributed by atoms with van der Waals surface area (Å²) in [6.45, 7) is 0.554. The molecule has 198 valence electrons. The molecule has 0 bridgehead atoms. The van der Waals surface area contributed by atoms with Gasteiger partial charge in [0, 0.05) is 25.2 Å². The largest absolute Gasteiger partial charge is 0.354 e. The fraction of sp³-hybridized carbons (Fsp3) is 0.500. The highest BCUT2D eigenvalue weighted by atomic mass is 32.2. The van der Waals surface area contributed by atoms with Crippen molar-refractivity contribution in [3.63, 3.8) is 0 Å². The number of carbonyl (C=O) groups excluding carboxylic acids is 2. The molecule has 2 aromatic rings. The second-order valence-corrected chi connectivity index (χ2v) is 12.6. The summed E-state index contributed by atoms with van der Waals surface area (Å²) in [5.74, 6) is -0.0130. The van der Waals surface area contributed by atoms with Crippen molar-refractivity contribution in [1.82, 2.24) is 14.5 Å². The van der Waals surface area contributed by atoms with Gasteiger partial charge in [0.05, 0.1) is 6.54 Å². The molecule has 5 rings (SSSR count). The van der Waals surface area contributed by atoms with Gasteiger partial charge in [-0.1, -0.05) is 60.7 Å². The van der Waals surface area contributed by atoms with Crippen LogP contribution in [-0.2, 0) is 19.6 Å². The van der Waals surface area contributed by atoms with Crippen LogP contribution < -0.4 is 11.1 Å². The third kappa shape index (κ3) is 5.44. The molecule has 9 heteroatoms. The molecule has 37 heavy (non-hydrogen) atoms. The predicted molar refractivity (Wildman–Crippen MR) is 142 cm³/mol. The Hall–Kier alpha value is -2.75. The van der Waals surface area contributed by atoms with Crippen molar-refractivity contribution in [1.29, 1.82) is 0 Å². The molecule has 2 heterocycles. The molecule has 3 N–H and O–H groups in total. The van der Waals surface area contributed by atoms with Gasteiger partial charge in [-0.05, 0) is 55.6 Å². The van der Waals surface area contributed by atoms with E-state index in [2.05, 4.69) is 5.32 Å². The predicted octanol–water partition coefficient (Wildman–Crippen LogP) is 2.41. The lowest BCUT2D eigenvalue weighted by Gasteiger charge is -2.40. The fourth-order valence-electron chi connectivity index (χ4n) is 6.12. The summed E-state index contributed by atoms with van der Waals surface area (Å²) in [4.78, 5) is 28.0. The van der Waals surface area contributed by atoms with E-state index in [4.69, 9.17) is 5.73 Å². The lowest BCUT2D eigenvalue weighted by atomic mass is 9.86. The molecule has 2 aliphatic heterocycles. The van der Waals surface area contributed by atoms with Gasteiger partial charge < -0.3 is 16.0 Å². The molecule has 0 aromatic heterocycles. The van der Waals surface area contributed by atoms with Crippen molar-refractivity contribution in [2.24, 2.45) is 11.7 Å². The molecule has 2 amide bonds. The van der Waals surface area contributed by atoms with Gasteiger partial charge in [-0.2, -0.15) is 4.31 Å². The van der Waals surface area contributed by atoms with Crippen molar-refractivity contribution in [2.45, 2.75) is 61.9 Å². The number of sulfonamides is 1. The van der Waals surface area contributed by atoms with Gasteiger partial charge in [-0.15, -0.1) is 0 Å². The number of piperazine rings is 1. The van der Waals surface area contributed by atoms with Crippen LogP contribution in [0.4, 0.5) is 0 Å². The number of rotatable bonds is 7. The van der Waals surface area contributed by atoms with E-state index in [1.165, 1.54) is 4.31 Å². The molecule has 0 spiro atoms. The Labute approximate surface area is 219 Å². The van der Waals surface area contributed by atoms with E-state index in [1.54, 1.807) is 4.90 Å². The summed E-state index contributed by atoms with van der Waals surface area (Å²) in [6, 6.07) is 17.7. The smallest absolute Gasteiger partial charge is 0.242 e. The molecular formula is C28H36N4O4S. The zero-order chi connectivity index (χ0) is 26.0. The molecule has 2 saturated heterocycles. The Morgan fingerprint density at radius 3 is 2.11 bits per heavy atom. The summed E-state index contributed by atoms with van der Waals surface area (Å²) in [5, 5.41) is 2.16. The molecule has 3 aliphatic rings. The van der Waals surface area contributed by atoms with Crippen molar-refractivity contribution in [3.05, 3.63) is 71.8 Å². The highest BCUT2D eigenvalue weighted by Gasteiger charge is 2.48. The number of nitrogens with two attached hydrogens (primary N) is 1. The molecule has 1 aliphatic carbocycles. The van der Waals surface area contributed by atoms with Gasteiger partial charge in [-0.3, -0.25) is 9.59 Å². The lowest BCUT2D eigenvalue weighted by Crippen LogP contribution is -2.60. The average Bonchev–Trinajstić information content (AvgIpc) is 3.34. The minimum atomic E-state index is -3.89. The van der Waals surface area contributed by atoms with E-state index in [0.717, 1.165) is 25.7 Å². The number of amides is 2. The number of hydrogen-bond acceptors (Lipinski definition) is 5. The number of nitrogens with one attached hydrogen (secondary N) is 1. The van der Waals surface area contributed by atoms with Crippen LogP contribution in [0.2, 0.25) is 0 Å². The molecule has 1 saturated carbocycles. The minimum Gasteiger partial charge on any atom is -0.354 e. The van der Waals surface area contributed by atoms with E-state index in [0.29, 0.717) is 36.4 Å². The van der Waals surface area contributed by atoms with E-state index in [1.807, 2.05) is 60.7 Å². The third-order valence-electron chi connectivity index (χ3n) is 8.14. The van der Waals surface area contributed by atoms with Gasteiger partial charge in [0.1, 0.15) is 11.3 Å². The number of hydrogen-bond donors (Lipinski definition) is 2. The SMILES string of the molecule is NC1CCC(CNC(=O)[C@@H]2CC[C@H]3CN(S(=O)(=O)C(c4ccccc4)c4ccccc4)CC(=O)N32)CC1. The molecule has 8 nitrogen and oxygen atoms in total. The van der Waals surface area contributed by atoms with Gasteiger partial charge >= 0.3 is 0 Å². The van der Waals surface area contributed by atoms with Crippen LogP contribution in [0.25, 0.3) is 0 Å². The first kappa shape index (κ1) is 25.9. The molecule has 3 fully saturated rings. The number of fused-ring (bicyclic) bond motifs is 1. The number of benzene rings is 2. The van der Waals surface area contributed by atoms with Crippen LogP contribution in [0, 0.1) is 5.92 Å². The highest BCUT2D eigenvalue weighted by molar-refractivity contribution is 7.89. The van der Waals surface area contributed by atoms with Crippen LogP contribution in [0.3, 0.4) is 0 Å². The van der Waals surface area contributed by atoms with Gasteiger partial charge in [-0.25, -0.2) is 8.42 Å². The normalized spacial score (nSPS) is 26.8. The quantitative estimate of drug-likeness (QED) is 0.578. The Bertz CT molecular complexity index is 1160. The van der Waals surface area contributed by atoms with Gasteiger partial charge in [0.15, 0.2) is 0 Å². The van der Waals surface area contributed by atoms with Crippen LogP contribution in [-0.4, -0.2) is 67.2 Å². The van der Waals surface area contributed by atoms with Crippen molar-refractivity contribution in [2.75, 3.05) is 19.6 Å². The van der Waals surface area contributed by atoms with Crippen molar-refractivity contribution >= 4 is 21.8 Å². The summed E-state index contributed by atoms with van der Waals surface area (Å²) in [5.41, 5.74) is 7.31. The topological polar surface area (TPSA) is 113 Å². The minimum absolute atomic E-state index is 0.131. The van der Waals surface area contributed by atoms with E-state index >= 15 is 0 Å². The standard InChI is InChI=1S/C28H36N4O4S/c29-23-13-11-20(12-14-23)17-30-28(34)25-16-15-24-18-31(19-26(33)32(24)25)37(35,36)27(21-7-3-1-4-8-21)22-9-5-2-6-10-22/h1-10,20,23-25,27H,11-19,29H2,(H,30,34)/t20?,23?,24-,25-/m0/s1. The second-order valence-electron chi connectivity index (χ2n) is 10.6.